The van der Waals surface area contributed by atoms with Gasteiger partial charge < -0.3 is 10.4 Å². The van der Waals surface area contributed by atoms with Gasteiger partial charge in [-0.3, -0.25) is 9.48 Å². The van der Waals surface area contributed by atoms with Crippen LogP contribution < -0.4 is 5.32 Å². The highest BCUT2D eigenvalue weighted by Crippen LogP contribution is 2.28. The number of amides is 1. The summed E-state index contributed by atoms with van der Waals surface area (Å²) in [5.74, 6) is 0.855. The first-order chi connectivity index (χ1) is 9.97. The molecule has 1 heterocycles. The summed E-state index contributed by atoms with van der Waals surface area (Å²) in [7, 11) is 1.81. The molecule has 0 aromatic carbocycles. The Labute approximate surface area is 126 Å². The Hall–Kier alpha value is -1.36. The third kappa shape index (κ3) is 4.84. The van der Waals surface area contributed by atoms with Crippen LogP contribution in [0.1, 0.15) is 57.4 Å². The molecule has 0 spiro atoms. The van der Waals surface area contributed by atoms with Crippen LogP contribution in [-0.4, -0.2) is 27.3 Å². The lowest BCUT2D eigenvalue weighted by molar-refractivity contribution is -0.122. The van der Waals surface area contributed by atoms with E-state index >= 15 is 0 Å². The van der Waals surface area contributed by atoms with E-state index in [1.807, 2.05) is 0 Å². The second kappa shape index (κ2) is 7.07. The molecule has 5 nitrogen and oxygen atoms in total. The normalized spacial score (nSPS) is 18.6. The topological polar surface area (TPSA) is 67.2 Å². The summed E-state index contributed by atoms with van der Waals surface area (Å²) in [6, 6.07) is 0. The van der Waals surface area contributed by atoms with Crippen molar-refractivity contribution in [2.24, 2.45) is 13.0 Å². The number of hydrogen-bond donors (Lipinski definition) is 2. The third-order valence-corrected chi connectivity index (χ3v) is 4.45. The number of carbonyl (C=O) groups is 1. The fraction of sp³-hybridized carbons (Fsp3) is 0.750. The van der Waals surface area contributed by atoms with Gasteiger partial charge in [-0.05, 0) is 25.7 Å². The Morgan fingerprint density at radius 2 is 2.24 bits per heavy atom. The van der Waals surface area contributed by atoms with Gasteiger partial charge in [0, 0.05) is 25.2 Å². The molecule has 118 valence electrons. The molecule has 2 N–H and O–H groups in total. The van der Waals surface area contributed by atoms with Crippen molar-refractivity contribution in [3.8, 4) is 0 Å². The highest BCUT2D eigenvalue weighted by molar-refractivity contribution is 5.75. The van der Waals surface area contributed by atoms with Crippen molar-refractivity contribution in [2.75, 3.05) is 6.54 Å². The molecule has 21 heavy (non-hydrogen) atoms. The average Bonchev–Trinajstić information content (AvgIpc) is 3.08. The number of aryl methyl sites for hydroxylation is 1. The van der Waals surface area contributed by atoms with Crippen LogP contribution in [0, 0.1) is 5.92 Å². The van der Waals surface area contributed by atoms with Gasteiger partial charge in [-0.1, -0.05) is 25.7 Å². The minimum absolute atomic E-state index is 0.0252. The molecule has 1 saturated carbocycles. The van der Waals surface area contributed by atoms with Crippen molar-refractivity contribution in [3.05, 3.63) is 18.0 Å². The Balaban J connectivity index is 1.67. The summed E-state index contributed by atoms with van der Waals surface area (Å²) >= 11 is 0. The zero-order chi connectivity index (χ0) is 15.3. The molecule has 1 aliphatic rings. The number of nitrogens with one attached hydrogen (secondary N) is 1. The fourth-order valence-electron chi connectivity index (χ4n) is 3.01. The molecule has 5 heteroatoms. The molecule has 1 fully saturated rings. The lowest BCUT2D eigenvalue weighted by Gasteiger charge is -2.22. The van der Waals surface area contributed by atoms with Crippen LogP contribution >= 0.6 is 0 Å². The fourth-order valence-corrected chi connectivity index (χ4v) is 3.01. The standard InChI is InChI=1S/C16H27N3O2/c1-16(21,14-10-18-19(2)11-14)12-17-15(20)9-5-8-13-6-3-4-7-13/h10-11,13,21H,3-9,12H2,1-2H3,(H,17,20). The van der Waals surface area contributed by atoms with Crippen molar-refractivity contribution in [2.45, 2.75) is 57.5 Å². The number of aromatic nitrogens is 2. The molecular weight excluding hydrogens is 266 g/mol. The summed E-state index contributed by atoms with van der Waals surface area (Å²) in [6.45, 7) is 1.92. The maximum Gasteiger partial charge on any atom is 0.220 e. The molecule has 1 aliphatic carbocycles. The lowest BCUT2D eigenvalue weighted by atomic mass is 9.99. The predicted molar refractivity (Wildman–Crippen MR) is 81.6 cm³/mol. The average molecular weight is 293 g/mol. The SMILES string of the molecule is Cn1cc(C(C)(O)CNC(=O)CCCC2CCCC2)cn1. The van der Waals surface area contributed by atoms with Gasteiger partial charge in [-0.15, -0.1) is 0 Å². The molecule has 1 atom stereocenters. The summed E-state index contributed by atoms with van der Waals surface area (Å²) in [5.41, 5.74) is -0.355. The molecule has 0 bridgehead atoms. The molecule has 1 aromatic heterocycles. The Morgan fingerprint density at radius 1 is 1.52 bits per heavy atom. The van der Waals surface area contributed by atoms with Crippen LogP contribution in [0.25, 0.3) is 0 Å². The van der Waals surface area contributed by atoms with Gasteiger partial charge in [0.2, 0.25) is 5.91 Å². The second-order valence-corrected chi connectivity index (χ2v) is 6.50. The van der Waals surface area contributed by atoms with Crippen molar-refractivity contribution < 1.29 is 9.90 Å². The van der Waals surface area contributed by atoms with Crippen LogP contribution in [0.2, 0.25) is 0 Å². The maximum absolute atomic E-state index is 11.9. The van der Waals surface area contributed by atoms with Gasteiger partial charge in [0.25, 0.3) is 0 Å². The van der Waals surface area contributed by atoms with E-state index in [0.29, 0.717) is 6.42 Å². The van der Waals surface area contributed by atoms with Gasteiger partial charge in [-0.2, -0.15) is 5.10 Å². The van der Waals surface area contributed by atoms with E-state index in [4.69, 9.17) is 0 Å². The summed E-state index contributed by atoms with van der Waals surface area (Å²) < 4.78 is 1.65. The van der Waals surface area contributed by atoms with E-state index in [1.165, 1.54) is 25.7 Å². The maximum atomic E-state index is 11.9. The Bertz CT molecular complexity index is 462. The molecule has 0 saturated heterocycles. The van der Waals surface area contributed by atoms with Crippen LogP contribution in [0.15, 0.2) is 12.4 Å². The van der Waals surface area contributed by atoms with E-state index < -0.39 is 5.60 Å². The van der Waals surface area contributed by atoms with Crippen molar-refractivity contribution in [3.63, 3.8) is 0 Å². The van der Waals surface area contributed by atoms with E-state index in [-0.39, 0.29) is 12.5 Å². The number of rotatable bonds is 7. The number of carbonyl (C=O) groups excluding carboxylic acids is 1. The van der Waals surface area contributed by atoms with Crippen LogP contribution in [0.3, 0.4) is 0 Å². The van der Waals surface area contributed by atoms with Gasteiger partial charge in [0.1, 0.15) is 5.60 Å². The summed E-state index contributed by atoms with van der Waals surface area (Å²) in [4.78, 5) is 11.9. The smallest absolute Gasteiger partial charge is 0.220 e. The highest BCUT2D eigenvalue weighted by Gasteiger charge is 2.25. The lowest BCUT2D eigenvalue weighted by Crippen LogP contribution is -2.38. The van der Waals surface area contributed by atoms with Crippen molar-refractivity contribution in [1.82, 2.24) is 15.1 Å². The largest absolute Gasteiger partial charge is 0.383 e. The molecule has 1 aromatic rings. The van der Waals surface area contributed by atoms with Gasteiger partial charge in [0.05, 0.1) is 12.7 Å². The van der Waals surface area contributed by atoms with E-state index in [9.17, 15) is 9.90 Å². The van der Waals surface area contributed by atoms with Crippen LogP contribution in [-0.2, 0) is 17.4 Å². The van der Waals surface area contributed by atoms with Gasteiger partial charge in [0.15, 0.2) is 0 Å². The van der Waals surface area contributed by atoms with E-state index in [1.54, 1.807) is 31.0 Å². The minimum Gasteiger partial charge on any atom is -0.383 e. The number of hydrogen-bond acceptors (Lipinski definition) is 3. The summed E-state index contributed by atoms with van der Waals surface area (Å²) in [5, 5.41) is 17.3. The minimum atomic E-state index is -1.07. The van der Waals surface area contributed by atoms with Crippen LogP contribution in [0.5, 0.6) is 0 Å². The second-order valence-electron chi connectivity index (χ2n) is 6.50. The van der Waals surface area contributed by atoms with Crippen molar-refractivity contribution >= 4 is 5.91 Å². The Kier molecular flexibility index (Phi) is 5.39. The van der Waals surface area contributed by atoms with Crippen LogP contribution in [0.4, 0.5) is 0 Å². The predicted octanol–water partition coefficient (Wildman–Crippen LogP) is 2.10. The molecule has 0 aliphatic heterocycles. The molecule has 1 unspecified atom stereocenters. The molecular formula is C16H27N3O2. The first-order valence-corrected chi connectivity index (χ1v) is 7.95. The first-order valence-electron chi connectivity index (χ1n) is 7.95. The van der Waals surface area contributed by atoms with E-state index in [0.717, 1.165) is 24.3 Å². The molecule has 0 radical (unpaired) electrons. The Morgan fingerprint density at radius 3 is 2.86 bits per heavy atom. The number of nitrogens with zero attached hydrogens (tertiary/aromatic N) is 2. The first kappa shape index (κ1) is 16.0. The summed E-state index contributed by atoms with van der Waals surface area (Å²) in [6.07, 6.45) is 11.4. The molecule has 1 amide bonds. The van der Waals surface area contributed by atoms with E-state index in [2.05, 4.69) is 10.4 Å². The monoisotopic (exact) mass is 293 g/mol. The highest BCUT2D eigenvalue weighted by atomic mass is 16.3. The quantitative estimate of drug-likeness (QED) is 0.809. The zero-order valence-corrected chi connectivity index (χ0v) is 13.1. The third-order valence-electron chi connectivity index (χ3n) is 4.45. The van der Waals surface area contributed by atoms with Crippen molar-refractivity contribution in [1.29, 1.82) is 0 Å². The zero-order valence-electron chi connectivity index (χ0n) is 13.1. The van der Waals surface area contributed by atoms with Gasteiger partial charge in [-0.25, -0.2) is 0 Å². The number of aliphatic hydroxyl groups is 1. The van der Waals surface area contributed by atoms with Gasteiger partial charge >= 0.3 is 0 Å². The molecule has 2 rings (SSSR count).